The predicted molar refractivity (Wildman–Crippen MR) is 88.2 cm³/mol. The van der Waals surface area contributed by atoms with Gasteiger partial charge in [0.1, 0.15) is 0 Å². The third-order valence-corrected chi connectivity index (χ3v) is 6.02. The Balaban J connectivity index is 1.58. The summed E-state index contributed by atoms with van der Waals surface area (Å²) < 4.78 is 0. The van der Waals surface area contributed by atoms with E-state index in [2.05, 4.69) is 49.5 Å². The van der Waals surface area contributed by atoms with Crippen LogP contribution in [0.5, 0.6) is 0 Å². The molecule has 1 N–H and O–H groups in total. The average molecular weight is 288 g/mol. The lowest BCUT2D eigenvalue weighted by molar-refractivity contribution is 0.225. The van der Waals surface area contributed by atoms with Crippen molar-refractivity contribution in [3.63, 3.8) is 0 Å². The van der Waals surface area contributed by atoms with Crippen molar-refractivity contribution in [2.75, 3.05) is 6.54 Å². The van der Waals surface area contributed by atoms with Crippen LogP contribution in [0.15, 0.2) is 35.3 Å². The van der Waals surface area contributed by atoms with E-state index < -0.39 is 0 Å². The number of thioether (sulfide) groups is 1. The molecule has 0 amide bonds. The van der Waals surface area contributed by atoms with Gasteiger partial charge in [-0.3, -0.25) is 4.99 Å². The van der Waals surface area contributed by atoms with Gasteiger partial charge in [-0.1, -0.05) is 68.8 Å². The zero-order valence-corrected chi connectivity index (χ0v) is 13.2. The van der Waals surface area contributed by atoms with E-state index in [1.165, 1.54) is 24.8 Å². The summed E-state index contributed by atoms with van der Waals surface area (Å²) in [4.78, 5) is 4.72. The SMILES string of the molecule is CC1CCCC(NC2=NCC(c3ccccc3)S2)C1C. The van der Waals surface area contributed by atoms with Crippen LogP contribution in [0, 0.1) is 11.8 Å². The molecule has 3 rings (SSSR count). The summed E-state index contributed by atoms with van der Waals surface area (Å²) >= 11 is 1.90. The quantitative estimate of drug-likeness (QED) is 0.880. The lowest BCUT2D eigenvalue weighted by Gasteiger charge is -2.35. The van der Waals surface area contributed by atoms with Crippen LogP contribution in [0.3, 0.4) is 0 Å². The predicted octanol–water partition coefficient (Wildman–Crippen LogP) is 4.24. The molecule has 1 heterocycles. The molecule has 0 radical (unpaired) electrons. The zero-order valence-electron chi connectivity index (χ0n) is 12.4. The van der Waals surface area contributed by atoms with Crippen molar-refractivity contribution >= 4 is 16.9 Å². The topological polar surface area (TPSA) is 24.4 Å². The van der Waals surface area contributed by atoms with E-state index in [0.717, 1.165) is 23.5 Å². The summed E-state index contributed by atoms with van der Waals surface area (Å²) in [7, 11) is 0. The third-order valence-electron chi connectivity index (χ3n) is 4.84. The molecule has 1 aliphatic carbocycles. The smallest absolute Gasteiger partial charge is 0.157 e. The minimum Gasteiger partial charge on any atom is -0.362 e. The normalized spacial score (nSPS) is 33.8. The van der Waals surface area contributed by atoms with Crippen molar-refractivity contribution in [1.82, 2.24) is 5.32 Å². The van der Waals surface area contributed by atoms with Gasteiger partial charge < -0.3 is 5.32 Å². The zero-order chi connectivity index (χ0) is 13.9. The van der Waals surface area contributed by atoms with Gasteiger partial charge in [0, 0.05) is 6.04 Å². The highest BCUT2D eigenvalue weighted by Crippen LogP contribution is 2.36. The van der Waals surface area contributed by atoms with Crippen LogP contribution in [-0.4, -0.2) is 17.8 Å². The molecule has 2 aliphatic rings. The fourth-order valence-corrected chi connectivity index (χ4v) is 4.32. The van der Waals surface area contributed by atoms with E-state index in [1.807, 2.05) is 11.8 Å². The van der Waals surface area contributed by atoms with Gasteiger partial charge in [0.2, 0.25) is 0 Å². The molecule has 1 saturated carbocycles. The first-order chi connectivity index (χ1) is 9.74. The lowest BCUT2D eigenvalue weighted by atomic mass is 9.78. The van der Waals surface area contributed by atoms with Crippen LogP contribution < -0.4 is 5.32 Å². The van der Waals surface area contributed by atoms with Gasteiger partial charge in [0.05, 0.1) is 11.8 Å². The Morgan fingerprint density at radius 2 is 1.95 bits per heavy atom. The Morgan fingerprint density at radius 1 is 1.15 bits per heavy atom. The van der Waals surface area contributed by atoms with Gasteiger partial charge in [-0.25, -0.2) is 0 Å². The van der Waals surface area contributed by atoms with Gasteiger partial charge in [-0.15, -0.1) is 0 Å². The highest BCUT2D eigenvalue weighted by molar-refractivity contribution is 8.14. The van der Waals surface area contributed by atoms with Crippen molar-refractivity contribution < 1.29 is 0 Å². The molecule has 2 nitrogen and oxygen atoms in total. The molecule has 0 bridgehead atoms. The highest BCUT2D eigenvalue weighted by Gasteiger charge is 2.29. The average Bonchev–Trinajstić information content (AvgIpc) is 2.93. The van der Waals surface area contributed by atoms with Crippen LogP contribution in [0.1, 0.15) is 43.9 Å². The molecule has 108 valence electrons. The van der Waals surface area contributed by atoms with Gasteiger partial charge >= 0.3 is 0 Å². The summed E-state index contributed by atoms with van der Waals surface area (Å²) in [6, 6.07) is 11.3. The molecule has 4 atom stereocenters. The van der Waals surface area contributed by atoms with Gasteiger partial charge in [0.15, 0.2) is 5.17 Å². The first kappa shape index (κ1) is 14.0. The first-order valence-corrected chi connectivity index (χ1v) is 8.64. The number of rotatable bonds is 2. The van der Waals surface area contributed by atoms with Crippen molar-refractivity contribution in [3.05, 3.63) is 35.9 Å². The first-order valence-electron chi connectivity index (χ1n) is 7.76. The van der Waals surface area contributed by atoms with Crippen LogP contribution in [-0.2, 0) is 0 Å². The molecule has 0 spiro atoms. The molecule has 0 saturated heterocycles. The number of amidine groups is 1. The molecular weight excluding hydrogens is 264 g/mol. The molecule has 3 heteroatoms. The second kappa shape index (κ2) is 6.21. The second-order valence-corrected chi connectivity index (χ2v) is 7.37. The maximum absolute atomic E-state index is 4.72. The fraction of sp³-hybridized carbons (Fsp3) is 0.588. The van der Waals surface area contributed by atoms with Gasteiger partial charge in [-0.2, -0.15) is 0 Å². The van der Waals surface area contributed by atoms with Gasteiger partial charge in [0.25, 0.3) is 0 Å². The van der Waals surface area contributed by atoms with E-state index in [4.69, 9.17) is 4.99 Å². The number of nitrogens with zero attached hydrogens (tertiary/aromatic N) is 1. The van der Waals surface area contributed by atoms with E-state index in [1.54, 1.807) is 0 Å². The van der Waals surface area contributed by atoms with Crippen molar-refractivity contribution in [1.29, 1.82) is 0 Å². The highest BCUT2D eigenvalue weighted by atomic mass is 32.2. The Bertz CT molecular complexity index is 471. The maximum atomic E-state index is 4.72. The molecule has 20 heavy (non-hydrogen) atoms. The Morgan fingerprint density at radius 3 is 2.75 bits per heavy atom. The monoisotopic (exact) mass is 288 g/mol. The number of aliphatic imine (C=N–C) groups is 1. The molecule has 0 aromatic heterocycles. The Hall–Kier alpha value is -0.960. The van der Waals surface area contributed by atoms with Crippen molar-refractivity contribution in [3.8, 4) is 0 Å². The summed E-state index contributed by atoms with van der Waals surface area (Å²) in [5.74, 6) is 1.58. The van der Waals surface area contributed by atoms with Crippen LogP contribution in [0.4, 0.5) is 0 Å². The lowest BCUT2D eigenvalue weighted by Crippen LogP contribution is -2.42. The Kier molecular flexibility index (Phi) is 4.35. The van der Waals surface area contributed by atoms with E-state index in [9.17, 15) is 0 Å². The Labute approximate surface area is 126 Å². The second-order valence-electron chi connectivity index (χ2n) is 6.18. The number of nitrogens with one attached hydrogen (secondary N) is 1. The fourth-order valence-electron chi connectivity index (χ4n) is 3.24. The van der Waals surface area contributed by atoms with Crippen molar-refractivity contribution in [2.24, 2.45) is 16.8 Å². The van der Waals surface area contributed by atoms with Crippen LogP contribution in [0.2, 0.25) is 0 Å². The minimum atomic E-state index is 0.495. The minimum absolute atomic E-state index is 0.495. The summed E-state index contributed by atoms with van der Waals surface area (Å²) in [6.07, 6.45) is 4.02. The molecular formula is C17H24N2S. The molecule has 1 aromatic carbocycles. The number of hydrogen-bond acceptors (Lipinski definition) is 3. The summed E-state index contributed by atoms with van der Waals surface area (Å²) in [5.41, 5.74) is 1.39. The summed E-state index contributed by atoms with van der Waals surface area (Å²) in [5, 5.41) is 5.36. The summed E-state index contributed by atoms with van der Waals surface area (Å²) in [6.45, 7) is 5.68. The van der Waals surface area contributed by atoms with Crippen molar-refractivity contribution in [2.45, 2.75) is 44.4 Å². The van der Waals surface area contributed by atoms with Crippen LogP contribution >= 0.6 is 11.8 Å². The standard InChI is InChI=1S/C17H24N2S/c1-12-7-6-10-15(13(12)2)19-17-18-11-16(20-17)14-8-4-3-5-9-14/h3-5,8-9,12-13,15-16H,6-7,10-11H2,1-2H3,(H,18,19). The van der Waals surface area contributed by atoms with Gasteiger partial charge in [-0.05, 0) is 23.8 Å². The van der Waals surface area contributed by atoms with E-state index in [-0.39, 0.29) is 0 Å². The number of benzene rings is 1. The molecule has 1 aliphatic heterocycles. The third kappa shape index (κ3) is 3.03. The van der Waals surface area contributed by atoms with Crippen LogP contribution in [0.25, 0.3) is 0 Å². The maximum Gasteiger partial charge on any atom is 0.157 e. The van der Waals surface area contributed by atoms with E-state index >= 15 is 0 Å². The molecule has 1 fully saturated rings. The molecule has 4 unspecified atom stereocenters. The molecule has 1 aromatic rings. The van der Waals surface area contributed by atoms with E-state index in [0.29, 0.717) is 11.3 Å². The number of hydrogen-bond donors (Lipinski definition) is 1. The largest absolute Gasteiger partial charge is 0.362 e.